The Morgan fingerprint density at radius 2 is 2.21 bits per heavy atom. The summed E-state index contributed by atoms with van der Waals surface area (Å²) in [5, 5.41) is 5.64. The topological polar surface area (TPSA) is 83.6 Å². The van der Waals surface area contributed by atoms with Gasteiger partial charge in [-0.3, -0.25) is 19.5 Å². The maximum absolute atomic E-state index is 14.3. The van der Waals surface area contributed by atoms with Crippen molar-refractivity contribution in [3.63, 3.8) is 0 Å². The number of methoxy groups -OCH3 is 1. The number of nitrogens with zero attached hydrogens (tertiary/aromatic N) is 2. The van der Waals surface area contributed by atoms with Crippen molar-refractivity contribution in [3.05, 3.63) is 59.2 Å². The molecule has 0 radical (unpaired) electrons. The van der Waals surface area contributed by atoms with E-state index in [-0.39, 0.29) is 24.8 Å². The van der Waals surface area contributed by atoms with Gasteiger partial charge in [-0.1, -0.05) is 6.07 Å². The van der Waals surface area contributed by atoms with Gasteiger partial charge in [0.1, 0.15) is 11.6 Å². The second-order valence-electron chi connectivity index (χ2n) is 7.02. The van der Waals surface area contributed by atoms with Crippen LogP contribution < -0.4 is 15.4 Å². The van der Waals surface area contributed by atoms with E-state index in [0.29, 0.717) is 30.9 Å². The van der Waals surface area contributed by atoms with Crippen LogP contribution >= 0.6 is 0 Å². The molecule has 1 aliphatic heterocycles. The first-order chi connectivity index (χ1) is 14.0. The summed E-state index contributed by atoms with van der Waals surface area (Å²) in [5.41, 5.74) is 2.41. The molecule has 0 aliphatic carbocycles. The Kier molecular flexibility index (Phi) is 6.77. The lowest BCUT2D eigenvalue weighted by Gasteiger charge is -2.34. The minimum atomic E-state index is -0.649. The highest BCUT2D eigenvalue weighted by atomic mass is 19.1. The van der Waals surface area contributed by atoms with Gasteiger partial charge in [-0.2, -0.15) is 0 Å². The molecular weight excluding hydrogens is 375 g/mol. The fourth-order valence-electron chi connectivity index (χ4n) is 3.32. The smallest absolute Gasteiger partial charge is 0.237 e. The van der Waals surface area contributed by atoms with Gasteiger partial charge in [0.25, 0.3) is 0 Å². The van der Waals surface area contributed by atoms with Gasteiger partial charge >= 0.3 is 0 Å². The molecule has 0 spiro atoms. The van der Waals surface area contributed by atoms with E-state index in [1.807, 2.05) is 17.9 Å². The summed E-state index contributed by atoms with van der Waals surface area (Å²) in [6.07, 6.45) is 3.42. The van der Waals surface area contributed by atoms with E-state index in [1.54, 1.807) is 24.5 Å². The second-order valence-corrected chi connectivity index (χ2v) is 7.02. The van der Waals surface area contributed by atoms with Crippen LogP contribution in [0.5, 0.6) is 5.75 Å². The van der Waals surface area contributed by atoms with Crippen molar-refractivity contribution in [3.8, 4) is 5.75 Å². The summed E-state index contributed by atoms with van der Waals surface area (Å²) in [6, 6.07) is 5.84. The van der Waals surface area contributed by atoms with E-state index >= 15 is 0 Å². The average molecular weight is 400 g/mol. The first-order valence-electron chi connectivity index (χ1n) is 9.48. The number of pyridine rings is 1. The number of aryl methyl sites for hydroxylation is 1. The Morgan fingerprint density at radius 1 is 1.38 bits per heavy atom. The first kappa shape index (κ1) is 20.7. The van der Waals surface area contributed by atoms with Crippen LogP contribution in [0.4, 0.5) is 4.39 Å². The summed E-state index contributed by atoms with van der Waals surface area (Å²) in [4.78, 5) is 30.7. The number of carbonyl (C=O) groups excluding carboxylic acids is 2. The minimum absolute atomic E-state index is 0.00768. The summed E-state index contributed by atoms with van der Waals surface area (Å²) in [7, 11) is 1.48. The zero-order valence-corrected chi connectivity index (χ0v) is 16.6. The summed E-state index contributed by atoms with van der Waals surface area (Å²) in [6.45, 7) is 3.54. The van der Waals surface area contributed by atoms with Crippen LogP contribution in [0.25, 0.3) is 0 Å². The van der Waals surface area contributed by atoms with Crippen LogP contribution in [0.15, 0.2) is 36.7 Å². The molecule has 2 N–H and O–H groups in total. The van der Waals surface area contributed by atoms with Gasteiger partial charge in [-0.15, -0.1) is 0 Å². The van der Waals surface area contributed by atoms with E-state index < -0.39 is 11.9 Å². The fourth-order valence-corrected chi connectivity index (χ4v) is 3.32. The zero-order valence-electron chi connectivity index (χ0n) is 16.6. The number of carbonyl (C=O) groups is 2. The molecule has 1 saturated heterocycles. The van der Waals surface area contributed by atoms with Crippen molar-refractivity contribution < 1.29 is 18.7 Å². The lowest BCUT2D eigenvalue weighted by Crippen LogP contribution is -2.56. The SMILES string of the molecule is COc1ccc(CN2CCNC(=O)[C@@H]2CC(=O)NCc2ccncc2C)c(F)c1. The normalized spacial score (nSPS) is 16.9. The summed E-state index contributed by atoms with van der Waals surface area (Å²) >= 11 is 0. The van der Waals surface area contributed by atoms with Gasteiger partial charge in [-0.25, -0.2) is 4.39 Å². The first-order valence-corrected chi connectivity index (χ1v) is 9.48. The van der Waals surface area contributed by atoms with E-state index in [1.165, 1.54) is 13.2 Å². The highest BCUT2D eigenvalue weighted by Gasteiger charge is 2.32. The van der Waals surface area contributed by atoms with Crippen LogP contribution in [0.1, 0.15) is 23.1 Å². The summed E-state index contributed by atoms with van der Waals surface area (Å²) in [5.74, 6) is -0.416. The summed E-state index contributed by atoms with van der Waals surface area (Å²) < 4.78 is 19.4. The molecule has 1 aromatic carbocycles. The molecule has 1 atom stereocenters. The maximum atomic E-state index is 14.3. The van der Waals surface area contributed by atoms with Crippen LogP contribution in [0.3, 0.4) is 0 Å². The van der Waals surface area contributed by atoms with Gasteiger partial charge < -0.3 is 15.4 Å². The third-order valence-corrected chi connectivity index (χ3v) is 5.07. The fraction of sp³-hybridized carbons (Fsp3) is 0.381. The number of aromatic nitrogens is 1. The van der Waals surface area contributed by atoms with Crippen molar-refractivity contribution in [1.82, 2.24) is 20.5 Å². The molecule has 1 aliphatic rings. The molecule has 0 bridgehead atoms. The third-order valence-electron chi connectivity index (χ3n) is 5.07. The number of rotatable bonds is 7. The van der Waals surface area contributed by atoms with Crippen LogP contribution in [-0.4, -0.2) is 47.9 Å². The highest BCUT2D eigenvalue weighted by molar-refractivity contribution is 5.88. The van der Waals surface area contributed by atoms with Crippen LogP contribution in [0.2, 0.25) is 0 Å². The molecular formula is C21H25FN4O3. The lowest BCUT2D eigenvalue weighted by molar-refractivity contribution is -0.134. The van der Waals surface area contributed by atoms with E-state index in [4.69, 9.17) is 4.74 Å². The van der Waals surface area contributed by atoms with E-state index in [0.717, 1.165) is 11.1 Å². The molecule has 8 heteroatoms. The Morgan fingerprint density at radius 3 is 2.93 bits per heavy atom. The largest absolute Gasteiger partial charge is 0.497 e. The minimum Gasteiger partial charge on any atom is -0.497 e. The Hall–Kier alpha value is -3.00. The standard InChI is InChI=1S/C21H25FN4O3/c1-14-11-23-6-5-15(14)12-25-20(27)10-19-21(28)24-7-8-26(19)13-16-3-4-17(29-2)9-18(16)22/h3-6,9,11,19H,7-8,10,12-13H2,1-2H3,(H,24,28)(H,25,27)/t19-/m0/s1. The number of benzene rings is 1. The number of hydrogen-bond acceptors (Lipinski definition) is 5. The Bertz CT molecular complexity index is 890. The van der Waals surface area contributed by atoms with E-state index in [9.17, 15) is 14.0 Å². The van der Waals surface area contributed by atoms with Crippen LogP contribution in [-0.2, 0) is 22.7 Å². The Labute approximate surface area is 169 Å². The van der Waals surface area contributed by atoms with Gasteiger partial charge in [0.05, 0.1) is 19.6 Å². The quantitative estimate of drug-likeness (QED) is 0.737. The van der Waals surface area contributed by atoms with Crippen molar-refractivity contribution in [1.29, 1.82) is 0 Å². The molecule has 29 heavy (non-hydrogen) atoms. The molecule has 154 valence electrons. The molecule has 7 nitrogen and oxygen atoms in total. The average Bonchev–Trinajstić information content (AvgIpc) is 2.71. The highest BCUT2D eigenvalue weighted by Crippen LogP contribution is 2.20. The van der Waals surface area contributed by atoms with Crippen molar-refractivity contribution in [2.75, 3.05) is 20.2 Å². The second kappa shape index (κ2) is 9.47. The predicted octanol–water partition coefficient (Wildman–Crippen LogP) is 1.54. The lowest BCUT2D eigenvalue weighted by atomic mass is 10.1. The zero-order chi connectivity index (χ0) is 20.8. The van der Waals surface area contributed by atoms with E-state index in [2.05, 4.69) is 15.6 Å². The molecule has 2 heterocycles. The molecule has 2 aromatic rings. The van der Waals surface area contributed by atoms with Crippen LogP contribution in [0, 0.1) is 12.7 Å². The van der Waals surface area contributed by atoms with Crippen molar-refractivity contribution in [2.24, 2.45) is 0 Å². The number of nitrogens with one attached hydrogen (secondary N) is 2. The molecule has 2 amide bonds. The molecule has 1 fully saturated rings. The van der Waals surface area contributed by atoms with Gasteiger partial charge in [0, 0.05) is 50.2 Å². The van der Waals surface area contributed by atoms with Crippen molar-refractivity contribution >= 4 is 11.8 Å². The number of halogens is 1. The molecule has 3 rings (SSSR count). The molecule has 1 aromatic heterocycles. The molecule has 0 unspecified atom stereocenters. The van der Waals surface area contributed by atoms with Gasteiger partial charge in [-0.05, 0) is 30.2 Å². The van der Waals surface area contributed by atoms with Gasteiger partial charge in [0.2, 0.25) is 11.8 Å². The van der Waals surface area contributed by atoms with Gasteiger partial charge in [0.15, 0.2) is 0 Å². The Balaban J connectivity index is 1.64. The number of piperazine rings is 1. The predicted molar refractivity (Wildman–Crippen MR) is 106 cm³/mol. The number of hydrogen-bond donors (Lipinski definition) is 2. The number of ether oxygens (including phenoxy) is 1. The molecule has 0 saturated carbocycles. The maximum Gasteiger partial charge on any atom is 0.237 e. The number of amides is 2. The van der Waals surface area contributed by atoms with Crippen molar-refractivity contribution in [2.45, 2.75) is 32.5 Å². The monoisotopic (exact) mass is 400 g/mol. The third kappa shape index (κ3) is 5.29.